The van der Waals surface area contributed by atoms with Gasteiger partial charge >= 0.3 is 0 Å². The van der Waals surface area contributed by atoms with Crippen LogP contribution in [-0.2, 0) is 6.54 Å². The summed E-state index contributed by atoms with van der Waals surface area (Å²) in [5.41, 5.74) is 3.51. The lowest BCUT2D eigenvalue weighted by Crippen LogP contribution is -2.43. The minimum absolute atomic E-state index is 0.0500. The quantitative estimate of drug-likeness (QED) is 0.764. The maximum Gasteiger partial charge on any atom is 0.272 e. The average molecular weight is 329 g/mol. The number of thiophene rings is 1. The third-order valence-corrected chi connectivity index (χ3v) is 5.10. The Balaban J connectivity index is 1.79. The SMILES string of the molecule is Cc1[nH]n2c(=O)cc(CN3CCNCC3)nc2c1-c1cccs1. The van der Waals surface area contributed by atoms with Gasteiger partial charge < -0.3 is 5.32 Å². The lowest BCUT2D eigenvalue weighted by molar-refractivity contribution is 0.230. The third kappa shape index (κ3) is 2.71. The number of H-pyrrole nitrogens is 1. The number of hydrogen-bond acceptors (Lipinski definition) is 5. The number of aromatic amines is 1. The van der Waals surface area contributed by atoms with Gasteiger partial charge in [-0.2, -0.15) is 0 Å². The second-order valence-electron chi connectivity index (χ2n) is 5.86. The number of piperazine rings is 1. The van der Waals surface area contributed by atoms with Crippen molar-refractivity contribution in [2.75, 3.05) is 26.2 Å². The van der Waals surface area contributed by atoms with Crippen LogP contribution in [0.1, 0.15) is 11.4 Å². The molecule has 3 aromatic heterocycles. The van der Waals surface area contributed by atoms with Gasteiger partial charge in [0.25, 0.3) is 5.56 Å². The third-order valence-electron chi connectivity index (χ3n) is 4.21. The molecule has 0 atom stereocenters. The van der Waals surface area contributed by atoms with E-state index < -0.39 is 0 Å². The Morgan fingerprint density at radius 1 is 1.35 bits per heavy atom. The standard InChI is InChI=1S/C16H19N5OS/c1-11-15(13-3-2-8-23-13)16-18-12(9-14(22)21(16)19-11)10-20-6-4-17-5-7-20/h2-3,8-9,17,19H,4-7,10H2,1H3. The van der Waals surface area contributed by atoms with Crippen LogP contribution in [0.2, 0.25) is 0 Å². The van der Waals surface area contributed by atoms with Gasteiger partial charge in [0.2, 0.25) is 0 Å². The molecule has 0 amide bonds. The molecule has 3 aromatic rings. The van der Waals surface area contributed by atoms with E-state index in [2.05, 4.69) is 21.4 Å². The molecule has 7 heteroatoms. The summed E-state index contributed by atoms with van der Waals surface area (Å²) in [6.45, 7) is 6.67. The predicted molar refractivity (Wildman–Crippen MR) is 92.0 cm³/mol. The summed E-state index contributed by atoms with van der Waals surface area (Å²) in [5.74, 6) is 0. The van der Waals surface area contributed by atoms with Gasteiger partial charge in [0.05, 0.1) is 11.3 Å². The highest BCUT2D eigenvalue weighted by Crippen LogP contribution is 2.30. The molecule has 1 saturated heterocycles. The Labute approximate surface area is 137 Å². The minimum atomic E-state index is -0.0500. The van der Waals surface area contributed by atoms with Crippen molar-refractivity contribution in [2.45, 2.75) is 13.5 Å². The van der Waals surface area contributed by atoms with Gasteiger partial charge in [-0.3, -0.25) is 14.8 Å². The predicted octanol–water partition coefficient (Wildman–Crippen LogP) is 1.46. The number of nitrogens with one attached hydrogen (secondary N) is 2. The van der Waals surface area contributed by atoms with Crippen LogP contribution in [0.5, 0.6) is 0 Å². The van der Waals surface area contributed by atoms with E-state index >= 15 is 0 Å². The van der Waals surface area contributed by atoms with E-state index in [-0.39, 0.29) is 5.56 Å². The van der Waals surface area contributed by atoms with E-state index in [1.54, 1.807) is 21.9 Å². The molecule has 1 fully saturated rings. The van der Waals surface area contributed by atoms with Crippen molar-refractivity contribution in [1.82, 2.24) is 24.8 Å². The molecule has 0 aromatic carbocycles. The smallest absolute Gasteiger partial charge is 0.272 e. The number of nitrogens with zero attached hydrogens (tertiary/aromatic N) is 3. The van der Waals surface area contributed by atoms with Gasteiger partial charge in [-0.25, -0.2) is 9.50 Å². The number of fused-ring (bicyclic) bond motifs is 1. The summed E-state index contributed by atoms with van der Waals surface area (Å²) in [6, 6.07) is 5.73. The molecule has 0 saturated carbocycles. The molecule has 4 heterocycles. The van der Waals surface area contributed by atoms with Crippen LogP contribution in [0.15, 0.2) is 28.4 Å². The topological polar surface area (TPSA) is 65.4 Å². The van der Waals surface area contributed by atoms with E-state index in [1.807, 2.05) is 18.4 Å². The molecular formula is C16H19N5OS. The van der Waals surface area contributed by atoms with Crippen LogP contribution in [0.3, 0.4) is 0 Å². The van der Waals surface area contributed by atoms with Crippen LogP contribution in [0.25, 0.3) is 16.1 Å². The summed E-state index contributed by atoms with van der Waals surface area (Å²) in [4.78, 5) is 20.7. The van der Waals surface area contributed by atoms with Crippen molar-refractivity contribution in [3.05, 3.63) is 45.3 Å². The molecule has 0 aliphatic carbocycles. The van der Waals surface area contributed by atoms with E-state index in [0.29, 0.717) is 0 Å². The molecule has 4 rings (SSSR count). The number of hydrogen-bond donors (Lipinski definition) is 2. The summed E-state index contributed by atoms with van der Waals surface area (Å²) >= 11 is 1.66. The molecule has 1 aliphatic heterocycles. The molecule has 23 heavy (non-hydrogen) atoms. The molecule has 0 spiro atoms. The van der Waals surface area contributed by atoms with E-state index in [1.165, 1.54) is 0 Å². The Bertz CT molecular complexity index is 874. The van der Waals surface area contributed by atoms with Crippen molar-refractivity contribution in [1.29, 1.82) is 0 Å². The molecule has 120 valence electrons. The summed E-state index contributed by atoms with van der Waals surface area (Å²) in [7, 11) is 0. The fraction of sp³-hybridized carbons (Fsp3) is 0.375. The van der Waals surface area contributed by atoms with Gasteiger partial charge in [-0.15, -0.1) is 11.3 Å². The molecule has 0 radical (unpaired) electrons. The zero-order valence-electron chi connectivity index (χ0n) is 13.0. The lowest BCUT2D eigenvalue weighted by atomic mass is 10.2. The van der Waals surface area contributed by atoms with Gasteiger partial charge in [0.15, 0.2) is 5.65 Å². The first-order valence-corrected chi connectivity index (χ1v) is 8.68. The first-order chi connectivity index (χ1) is 11.2. The summed E-state index contributed by atoms with van der Waals surface area (Å²) < 4.78 is 1.55. The summed E-state index contributed by atoms with van der Waals surface area (Å²) in [6.07, 6.45) is 0. The van der Waals surface area contributed by atoms with Crippen LogP contribution >= 0.6 is 11.3 Å². The van der Waals surface area contributed by atoms with Crippen molar-refractivity contribution in [2.24, 2.45) is 0 Å². The highest BCUT2D eigenvalue weighted by Gasteiger charge is 2.17. The normalized spacial score (nSPS) is 16.2. The van der Waals surface area contributed by atoms with Gasteiger partial charge in [-0.1, -0.05) is 6.07 Å². The monoisotopic (exact) mass is 329 g/mol. The lowest BCUT2D eigenvalue weighted by Gasteiger charge is -2.26. The van der Waals surface area contributed by atoms with Crippen LogP contribution in [0.4, 0.5) is 0 Å². The Hall–Kier alpha value is -1.96. The first kappa shape index (κ1) is 14.6. The van der Waals surface area contributed by atoms with Crippen molar-refractivity contribution in [3.63, 3.8) is 0 Å². The van der Waals surface area contributed by atoms with Gasteiger partial charge in [0, 0.05) is 49.4 Å². The average Bonchev–Trinajstić information content (AvgIpc) is 3.15. The van der Waals surface area contributed by atoms with Crippen LogP contribution in [-0.4, -0.2) is 45.7 Å². The molecule has 2 N–H and O–H groups in total. The minimum Gasteiger partial charge on any atom is -0.314 e. The van der Waals surface area contributed by atoms with Crippen LogP contribution in [0, 0.1) is 6.92 Å². The van der Waals surface area contributed by atoms with Gasteiger partial charge in [0.1, 0.15) is 0 Å². The Morgan fingerprint density at radius 2 is 2.17 bits per heavy atom. The van der Waals surface area contributed by atoms with Crippen molar-refractivity contribution >= 4 is 17.0 Å². The highest BCUT2D eigenvalue weighted by atomic mass is 32.1. The zero-order chi connectivity index (χ0) is 15.8. The Morgan fingerprint density at radius 3 is 2.91 bits per heavy atom. The maximum atomic E-state index is 12.4. The Kier molecular flexibility index (Phi) is 3.76. The number of aromatic nitrogens is 3. The zero-order valence-corrected chi connectivity index (χ0v) is 13.8. The maximum absolute atomic E-state index is 12.4. The van der Waals surface area contributed by atoms with E-state index in [4.69, 9.17) is 4.98 Å². The molecule has 0 unspecified atom stereocenters. The molecule has 0 bridgehead atoms. The number of rotatable bonds is 3. The van der Waals surface area contributed by atoms with E-state index in [9.17, 15) is 4.79 Å². The van der Waals surface area contributed by atoms with Crippen LogP contribution < -0.4 is 10.9 Å². The van der Waals surface area contributed by atoms with E-state index in [0.717, 1.165) is 60.2 Å². The van der Waals surface area contributed by atoms with Gasteiger partial charge in [-0.05, 0) is 18.4 Å². The largest absolute Gasteiger partial charge is 0.314 e. The van der Waals surface area contributed by atoms with Crippen molar-refractivity contribution in [3.8, 4) is 10.4 Å². The second-order valence-corrected chi connectivity index (χ2v) is 6.81. The fourth-order valence-electron chi connectivity index (χ4n) is 3.09. The second kappa shape index (κ2) is 5.92. The molecular weight excluding hydrogens is 310 g/mol. The highest BCUT2D eigenvalue weighted by molar-refractivity contribution is 7.13. The first-order valence-electron chi connectivity index (χ1n) is 7.80. The van der Waals surface area contributed by atoms with Crippen molar-refractivity contribution < 1.29 is 0 Å². The molecule has 1 aliphatic rings. The summed E-state index contributed by atoms with van der Waals surface area (Å²) in [5, 5.41) is 8.52. The molecule has 6 nitrogen and oxygen atoms in total. The fourth-order valence-corrected chi connectivity index (χ4v) is 3.92. The number of aryl methyl sites for hydroxylation is 1.